The van der Waals surface area contributed by atoms with Crippen molar-refractivity contribution in [3.63, 3.8) is 0 Å². The lowest BCUT2D eigenvalue weighted by atomic mass is 9.92. The van der Waals surface area contributed by atoms with Crippen LogP contribution < -0.4 is 5.32 Å². The summed E-state index contributed by atoms with van der Waals surface area (Å²) in [5, 5.41) is 13.0. The molecule has 1 saturated heterocycles. The molecule has 0 aromatic heterocycles. The van der Waals surface area contributed by atoms with E-state index in [1.54, 1.807) is 11.0 Å². The number of hydrogen-bond donors (Lipinski definition) is 2. The highest BCUT2D eigenvalue weighted by molar-refractivity contribution is 6.33. The molecule has 0 radical (unpaired) electrons. The zero-order valence-corrected chi connectivity index (χ0v) is 12.7. The van der Waals surface area contributed by atoms with Crippen molar-refractivity contribution in [2.75, 3.05) is 18.4 Å². The first-order chi connectivity index (χ1) is 9.47. The zero-order valence-electron chi connectivity index (χ0n) is 11.9. The minimum atomic E-state index is -0.300. The number of nitrogens with one attached hydrogen (secondary N) is 1. The molecule has 5 heteroatoms. The minimum Gasteiger partial charge on any atom is -0.393 e. The topological polar surface area (TPSA) is 52.6 Å². The molecule has 1 aromatic rings. The van der Waals surface area contributed by atoms with Gasteiger partial charge in [0, 0.05) is 13.1 Å². The molecule has 110 valence electrons. The van der Waals surface area contributed by atoms with Gasteiger partial charge in [-0.05, 0) is 50.3 Å². The van der Waals surface area contributed by atoms with Gasteiger partial charge in [0.25, 0.3) is 0 Å². The van der Waals surface area contributed by atoms with Gasteiger partial charge in [0.15, 0.2) is 0 Å². The molecule has 4 nitrogen and oxygen atoms in total. The normalized spacial score (nSPS) is 17.9. The number of amides is 2. The Morgan fingerprint density at radius 3 is 2.70 bits per heavy atom. The monoisotopic (exact) mass is 296 g/mol. The number of hydrogen-bond acceptors (Lipinski definition) is 2. The summed E-state index contributed by atoms with van der Waals surface area (Å²) in [7, 11) is 0. The number of aliphatic hydroxyl groups excluding tert-OH is 1. The molecule has 2 amide bonds. The second-order valence-electron chi connectivity index (χ2n) is 5.48. The van der Waals surface area contributed by atoms with Crippen molar-refractivity contribution in [3.05, 3.63) is 28.8 Å². The van der Waals surface area contributed by atoms with Crippen LogP contribution >= 0.6 is 11.6 Å². The molecule has 1 aromatic carbocycles. The van der Waals surface area contributed by atoms with Crippen LogP contribution in [0.15, 0.2) is 18.2 Å². The molecule has 0 aliphatic carbocycles. The SMILES string of the molecule is Cc1ccc(Cl)c(NC(=O)N2CCC(C(C)O)CC2)c1. The summed E-state index contributed by atoms with van der Waals surface area (Å²) in [4.78, 5) is 14.0. The van der Waals surface area contributed by atoms with E-state index in [0.29, 0.717) is 29.7 Å². The average Bonchev–Trinajstić information content (AvgIpc) is 2.43. The largest absolute Gasteiger partial charge is 0.393 e. The molecule has 0 bridgehead atoms. The number of anilines is 1. The van der Waals surface area contributed by atoms with Crippen LogP contribution in [0.4, 0.5) is 10.5 Å². The van der Waals surface area contributed by atoms with Gasteiger partial charge in [-0.2, -0.15) is 0 Å². The Labute approximate surface area is 124 Å². The van der Waals surface area contributed by atoms with Crippen molar-refractivity contribution >= 4 is 23.3 Å². The smallest absolute Gasteiger partial charge is 0.321 e. The molecule has 1 unspecified atom stereocenters. The van der Waals surface area contributed by atoms with Gasteiger partial charge in [-0.25, -0.2) is 4.79 Å². The van der Waals surface area contributed by atoms with E-state index in [-0.39, 0.29) is 12.1 Å². The van der Waals surface area contributed by atoms with E-state index in [2.05, 4.69) is 5.32 Å². The number of nitrogens with zero attached hydrogens (tertiary/aromatic N) is 1. The fourth-order valence-electron chi connectivity index (χ4n) is 2.51. The third kappa shape index (κ3) is 3.64. The van der Waals surface area contributed by atoms with Gasteiger partial charge in [0.1, 0.15) is 0 Å². The molecule has 1 aliphatic heterocycles. The molecule has 2 N–H and O–H groups in total. The molecule has 1 fully saturated rings. The fraction of sp³-hybridized carbons (Fsp3) is 0.533. The molecule has 1 atom stereocenters. The summed E-state index contributed by atoms with van der Waals surface area (Å²) in [6, 6.07) is 5.43. The lowest BCUT2D eigenvalue weighted by molar-refractivity contribution is 0.0820. The summed E-state index contributed by atoms with van der Waals surface area (Å²) in [5.41, 5.74) is 1.70. The summed E-state index contributed by atoms with van der Waals surface area (Å²) in [6.45, 7) is 5.11. The van der Waals surface area contributed by atoms with E-state index >= 15 is 0 Å². The second-order valence-corrected chi connectivity index (χ2v) is 5.89. The van der Waals surface area contributed by atoms with E-state index in [0.717, 1.165) is 18.4 Å². The highest BCUT2D eigenvalue weighted by Crippen LogP contribution is 2.25. The van der Waals surface area contributed by atoms with Crippen LogP contribution in [0.3, 0.4) is 0 Å². The third-order valence-electron chi connectivity index (χ3n) is 3.87. The zero-order chi connectivity index (χ0) is 14.7. The number of piperidine rings is 1. The lowest BCUT2D eigenvalue weighted by Gasteiger charge is -2.33. The number of likely N-dealkylation sites (tertiary alicyclic amines) is 1. The standard InChI is InChI=1S/C15H21ClN2O2/c1-10-3-4-13(16)14(9-10)17-15(20)18-7-5-12(6-8-18)11(2)19/h3-4,9,11-12,19H,5-8H2,1-2H3,(H,17,20). The molecule has 2 rings (SSSR count). The summed E-state index contributed by atoms with van der Waals surface area (Å²) < 4.78 is 0. The highest BCUT2D eigenvalue weighted by Gasteiger charge is 2.25. The van der Waals surface area contributed by atoms with E-state index in [1.165, 1.54) is 0 Å². The molecule has 0 saturated carbocycles. The summed E-state index contributed by atoms with van der Waals surface area (Å²) >= 11 is 6.08. The fourth-order valence-corrected chi connectivity index (χ4v) is 2.68. The van der Waals surface area contributed by atoms with Crippen LogP contribution in [0.5, 0.6) is 0 Å². The van der Waals surface area contributed by atoms with Gasteiger partial charge in [0.2, 0.25) is 0 Å². The maximum atomic E-state index is 12.2. The number of benzene rings is 1. The quantitative estimate of drug-likeness (QED) is 0.880. The molecule has 1 heterocycles. The van der Waals surface area contributed by atoms with Gasteiger partial charge in [-0.3, -0.25) is 0 Å². The van der Waals surface area contributed by atoms with E-state index < -0.39 is 0 Å². The van der Waals surface area contributed by atoms with Crippen molar-refractivity contribution < 1.29 is 9.90 Å². The first-order valence-electron chi connectivity index (χ1n) is 6.97. The Balaban J connectivity index is 1.94. The first-order valence-corrected chi connectivity index (χ1v) is 7.35. The first kappa shape index (κ1) is 15.1. The number of aliphatic hydroxyl groups is 1. The molecule has 0 spiro atoms. The lowest BCUT2D eigenvalue weighted by Crippen LogP contribution is -2.42. The Kier molecular flexibility index (Phi) is 4.89. The summed E-state index contributed by atoms with van der Waals surface area (Å²) in [6.07, 6.45) is 1.38. The Morgan fingerprint density at radius 2 is 2.10 bits per heavy atom. The van der Waals surface area contributed by atoms with Crippen molar-refractivity contribution in [3.8, 4) is 0 Å². The second kappa shape index (κ2) is 6.46. The van der Waals surface area contributed by atoms with Crippen LogP contribution in [0.2, 0.25) is 5.02 Å². The van der Waals surface area contributed by atoms with Gasteiger partial charge in [-0.15, -0.1) is 0 Å². The van der Waals surface area contributed by atoms with Crippen molar-refractivity contribution in [1.29, 1.82) is 0 Å². The van der Waals surface area contributed by atoms with Crippen LogP contribution in [-0.4, -0.2) is 35.2 Å². The Bertz CT molecular complexity index is 483. The van der Waals surface area contributed by atoms with Crippen LogP contribution in [0.1, 0.15) is 25.3 Å². The minimum absolute atomic E-state index is 0.124. The maximum absolute atomic E-state index is 12.2. The van der Waals surface area contributed by atoms with Crippen molar-refractivity contribution in [2.24, 2.45) is 5.92 Å². The van der Waals surface area contributed by atoms with Crippen molar-refractivity contribution in [1.82, 2.24) is 4.90 Å². The molecule has 20 heavy (non-hydrogen) atoms. The molecular weight excluding hydrogens is 276 g/mol. The number of rotatable bonds is 2. The van der Waals surface area contributed by atoms with Gasteiger partial charge < -0.3 is 15.3 Å². The average molecular weight is 297 g/mol. The van der Waals surface area contributed by atoms with Gasteiger partial charge >= 0.3 is 6.03 Å². The van der Waals surface area contributed by atoms with Crippen LogP contribution in [-0.2, 0) is 0 Å². The molecular formula is C15H21ClN2O2. The van der Waals surface area contributed by atoms with E-state index in [1.807, 2.05) is 26.0 Å². The van der Waals surface area contributed by atoms with E-state index in [9.17, 15) is 9.90 Å². The number of halogens is 1. The van der Waals surface area contributed by atoms with Crippen molar-refractivity contribution in [2.45, 2.75) is 32.8 Å². The predicted octanol–water partition coefficient (Wildman–Crippen LogP) is 3.27. The number of urea groups is 1. The number of carbonyl (C=O) groups excluding carboxylic acids is 1. The highest BCUT2D eigenvalue weighted by atomic mass is 35.5. The third-order valence-corrected chi connectivity index (χ3v) is 4.20. The van der Waals surface area contributed by atoms with E-state index in [4.69, 9.17) is 11.6 Å². The van der Waals surface area contributed by atoms with Crippen LogP contribution in [0, 0.1) is 12.8 Å². The summed E-state index contributed by atoms with van der Waals surface area (Å²) in [5.74, 6) is 0.293. The van der Waals surface area contributed by atoms with Gasteiger partial charge in [-0.1, -0.05) is 17.7 Å². The Hall–Kier alpha value is -1.26. The predicted molar refractivity (Wildman–Crippen MR) is 81.2 cm³/mol. The Morgan fingerprint density at radius 1 is 1.45 bits per heavy atom. The maximum Gasteiger partial charge on any atom is 0.321 e. The van der Waals surface area contributed by atoms with Gasteiger partial charge in [0.05, 0.1) is 16.8 Å². The number of carbonyl (C=O) groups is 1. The molecule has 1 aliphatic rings. The number of aryl methyl sites for hydroxylation is 1. The van der Waals surface area contributed by atoms with Crippen LogP contribution in [0.25, 0.3) is 0 Å².